The molecular weight excluding hydrogens is 359 g/mol. The van der Waals surface area contributed by atoms with Crippen molar-refractivity contribution in [2.75, 3.05) is 0 Å². The van der Waals surface area contributed by atoms with Gasteiger partial charge in [-0.2, -0.15) is 0 Å². The van der Waals surface area contributed by atoms with Crippen molar-refractivity contribution in [3.05, 3.63) is 95.6 Å². The molecule has 136 valence electrons. The van der Waals surface area contributed by atoms with Crippen molar-refractivity contribution in [2.24, 2.45) is 0 Å². The van der Waals surface area contributed by atoms with Crippen LogP contribution in [0.2, 0.25) is 0 Å². The maximum absolute atomic E-state index is 13.1. The van der Waals surface area contributed by atoms with Crippen molar-refractivity contribution in [1.29, 1.82) is 0 Å². The molecule has 0 aliphatic rings. The highest BCUT2D eigenvalue weighted by molar-refractivity contribution is 7.98. The number of hydrogen-bond acceptors (Lipinski definition) is 3. The maximum atomic E-state index is 13.1. The van der Waals surface area contributed by atoms with Gasteiger partial charge in [0.05, 0.1) is 12.3 Å². The number of aliphatic hydroxyl groups is 1. The Morgan fingerprint density at radius 1 is 0.963 bits per heavy atom. The van der Waals surface area contributed by atoms with Crippen LogP contribution in [-0.4, -0.2) is 14.7 Å². The van der Waals surface area contributed by atoms with Crippen molar-refractivity contribution in [2.45, 2.75) is 24.1 Å². The molecule has 4 aromatic rings. The number of benzene rings is 3. The van der Waals surface area contributed by atoms with Crippen LogP contribution in [0.5, 0.6) is 0 Å². The summed E-state index contributed by atoms with van der Waals surface area (Å²) in [5.74, 6) is 0.540. The van der Waals surface area contributed by atoms with Gasteiger partial charge in [0, 0.05) is 18.5 Å². The smallest absolute Gasteiger partial charge is 0.168 e. The van der Waals surface area contributed by atoms with Crippen LogP contribution in [0, 0.1) is 5.82 Å². The number of nitrogens with zero attached hydrogens (tertiary/aromatic N) is 2. The SMILES string of the molecule is OCc1cn(Cc2ccc(F)cc2)c(SCc2cccc3ccccc23)n1. The molecule has 0 saturated carbocycles. The van der Waals surface area contributed by atoms with Gasteiger partial charge in [0.25, 0.3) is 0 Å². The zero-order valence-electron chi connectivity index (χ0n) is 14.7. The average Bonchev–Trinajstić information content (AvgIpc) is 3.10. The number of imidazole rings is 1. The standard InChI is InChI=1S/C22H19FN2OS/c23-19-10-8-16(9-11-19)12-25-13-20(14-26)24-22(25)27-15-18-6-3-5-17-4-1-2-7-21(17)18/h1-11,13,26H,12,14-15H2. The molecule has 1 aromatic heterocycles. The van der Waals surface area contributed by atoms with E-state index in [1.807, 2.05) is 16.8 Å². The van der Waals surface area contributed by atoms with Gasteiger partial charge in [-0.3, -0.25) is 0 Å². The first kappa shape index (κ1) is 17.8. The molecule has 0 spiro atoms. The molecule has 3 aromatic carbocycles. The monoisotopic (exact) mass is 378 g/mol. The minimum atomic E-state index is -0.244. The third-order valence-electron chi connectivity index (χ3n) is 4.45. The van der Waals surface area contributed by atoms with Gasteiger partial charge in [-0.1, -0.05) is 66.4 Å². The molecule has 0 aliphatic carbocycles. The summed E-state index contributed by atoms with van der Waals surface area (Å²) in [6.45, 7) is 0.489. The van der Waals surface area contributed by atoms with E-state index in [0.717, 1.165) is 16.5 Å². The number of hydrogen-bond donors (Lipinski definition) is 1. The molecule has 5 heteroatoms. The molecular formula is C22H19FN2OS. The summed E-state index contributed by atoms with van der Waals surface area (Å²) in [6, 6.07) is 21.1. The summed E-state index contributed by atoms with van der Waals surface area (Å²) in [4.78, 5) is 4.54. The van der Waals surface area contributed by atoms with Gasteiger partial charge < -0.3 is 9.67 Å². The fourth-order valence-corrected chi connectivity index (χ4v) is 4.10. The second-order valence-corrected chi connectivity index (χ2v) is 7.30. The van der Waals surface area contributed by atoms with E-state index in [4.69, 9.17) is 0 Å². The Morgan fingerprint density at radius 2 is 1.74 bits per heavy atom. The minimum Gasteiger partial charge on any atom is -0.390 e. The first-order chi connectivity index (χ1) is 13.2. The zero-order chi connectivity index (χ0) is 18.6. The van der Waals surface area contributed by atoms with Crippen molar-refractivity contribution >= 4 is 22.5 Å². The quantitative estimate of drug-likeness (QED) is 0.479. The van der Waals surface area contributed by atoms with Crippen molar-refractivity contribution < 1.29 is 9.50 Å². The van der Waals surface area contributed by atoms with E-state index in [0.29, 0.717) is 12.2 Å². The number of aromatic nitrogens is 2. The molecule has 0 aliphatic heterocycles. The van der Waals surface area contributed by atoms with Crippen LogP contribution < -0.4 is 0 Å². The fraction of sp³-hybridized carbons (Fsp3) is 0.136. The van der Waals surface area contributed by atoms with Gasteiger partial charge in [-0.05, 0) is 34.0 Å². The number of halogens is 1. The zero-order valence-corrected chi connectivity index (χ0v) is 15.5. The highest BCUT2D eigenvalue weighted by atomic mass is 32.2. The van der Waals surface area contributed by atoms with Crippen LogP contribution in [0.1, 0.15) is 16.8 Å². The van der Waals surface area contributed by atoms with Gasteiger partial charge in [-0.15, -0.1) is 0 Å². The second kappa shape index (κ2) is 7.94. The van der Waals surface area contributed by atoms with Crippen molar-refractivity contribution in [3.8, 4) is 0 Å². The molecule has 27 heavy (non-hydrogen) atoms. The Bertz CT molecular complexity index is 1050. The van der Waals surface area contributed by atoms with Crippen LogP contribution in [0.15, 0.2) is 78.1 Å². The number of aliphatic hydroxyl groups excluding tert-OH is 1. The summed E-state index contributed by atoms with van der Waals surface area (Å²) in [5.41, 5.74) is 2.88. The summed E-state index contributed by atoms with van der Waals surface area (Å²) in [5, 5.41) is 12.8. The van der Waals surface area contributed by atoms with E-state index in [-0.39, 0.29) is 12.4 Å². The predicted molar refractivity (Wildman–Crippen MR) is 107 cm³/mol. The molecule has 1 heterocycles. The Kier molecular flexibility index (Phi) is 5.23. The third kappa shape index (κ3) is 4.04. The van der Waals surface area contributed by atoms with Crippen LogP contribution in [-0.2, 0) is 18.9 Å². The van der Waals surface area contributed by atoms with Crippen LogP contribution >= 0.6 is 11.8 Å². The Hall–Kier alpha value is -2.63. The first-order valence-electron chi connectivity index (χ1n) is 8.74. The Labute approximate surface area is 161 Å². The molecule has 3 nitrogen and oxygen atoms in total. The third-order valence-corrected chi connectivity index (χ3v) is 5.49. The second-order valence-electron chi connectivity index (χ2n) is 6.35. The van der Waals surface area contributed by atoms with Crippen molar-refractivity contribution in [1.82, 2.24) is 9.55 Å². The largest absolute Gasteiger partial charge is 0.390 e. The molecule has 0 saturated heterocycles. The Morgan fingerprint density at radius 3 is 2.56 bits per heavy atom. The molecule has 0 amide bonds. The molecule has 0 radical (unpaired) electrons. The van der Waals surface area contributed by atoms with E-state index in [1.54, 1.807) is 23.9 Å². The van der Waals surface area contributed by atoms with Gasteiger partial charge in [0.1, 0.15) is 5.82 Å². The number of fused-ring (bicyclic) bond motifs is 1. The lowest BCUT2D eigenvalue weighted by molar-refractivity contribution is 0.277. The normalized spacial score (nSPS) is 11.2. The average molecular weight is 378 g/mol. The van der Waals surface area contributed by atoms with Gasteiger partial charge in [-0.25, -0.2) is 9.37 Å². The summed E-state index contributed by atoms with van der Waals surface area (Å²) < 4.78 is 15.2. The number of rotatable bonds is 6. The predicted octanol–water partition coefficient (Wildman–Crippen LogP) is 5.01. The van der Waals surface area contributed by atoms with Crippen LogP contribution in [0.25, 0.3) is 10.8 Å². The summed E-state index contributed by atoms with van der Waals surface area (Å²) in [7, 11) is 0. The van der Waals surface area contributed by atoms with E-state index in [1.165, 1.54) is 28.5 Å². The summed E-state index contributed by atoms with van der Waals surface area (Å²) >= 11 is 1.64. The van der Waals surface area contributed by atoms with E-state index in [2.05, 4.69) is 41.4 Å². The van der Waals surface area contributed by atoms with Gasteiger partial charge in [0.15, 0.2) is 5.16 Å². The van der Waals surface area contributed by atoms with Gasteiger partial charge in [0.2, 0.25) is 0 Å². The lowest BCUT2D eigenvalue weighted by atomic mass is 10.1. The molecule has 0 fully saturated rings. The maximum Gasteiger partial charge on any atom is 0.168 e. The molecule has 4 rings (SSSR count). The number of thioether (sulfide) groups is 1. The fourth-order valence-electron chi connectivity index (χ4n) is 3.10. The molecule has 0 unspecified atom stereocenters. The van der Waals surface area contributed by atoms with E-state index < -0.39 is 0 Å². The lowest BCUT2D eigenvalue weighted by Gasteiger charge is -2.09. The topological polar surface area (TPSA) is 38.0 Å². The van der Waals surface area contributed by atoms with E-state index >= 15 is 0 Å². The van der Waals surface area contributed by atoms with Crippen molar-refractivity contribution in [3.63, 3.8) is 0 Å². The first-order valence-corrected chi connectivity index (χ1v) is 9.72. The summed E-state index contributed by atoms with van der Waals surface area (Å²) in [6.07, 6.45) is 1.86. The molecule has 0 atom stereocenters. The minimum absolute atomic E-state index is 0.0990. The van der Waals surface area contributed by atoms with Gasteiger partial charge >= 0.3 is 0 Å². The Balaban J connectivity index is 1.57. The lowest BCUT2D eigenvalue weighted by Crippen LogP contribution is -2.00. The molecule has 0 bridgehead atoms. The highest BCUT2D eigenvalue weighted by Crippen LogP contribution is 2.27. The van der Waals surface area contributed by atoms with Crippen LogP contribution in [0.4, 0.5) is 4.39 Å². The van der Waals surface area contributed by atoms with E-state index in [9.17, 15) is 9.50 Å². The van der Waals surface area contributed by atoms with Crippen LogP contribution in [0.3, 0.4) is 0 Å². The molecule has 1 N–H and O–H groups in total. The highest BCUT2D eigenvalue weighted by Gasteiger charge is 2.10.